The van der Waals surface area contributed by atoms with Crippen LogP contribution in [0.2, 0.25) is 5.02 Å². The fourth-order valence-electron chi connectivity index (χ4n) is 3.14. The Morgan fingerprint density at radius 1 is 1.19 bits per heavy atom. The van der Waals surface area contributed by atoms with Gasteiger partial charge in [0.2, 0.25) is 0 Å². The van der Waals surface area contributed by atoms with Gasteiger partial charge in [-0.1, -0.05) is 17.7 Å². The average Bonchev–Trinajstić information content (AvgIpc) is 2.59. The van der Waals surface area contributed by atoms with E-state index in [0.29, 0.717) is 28.1 Å². The summed E-state index contributed by atoms with van der Waals surface area (Å²) >= 11 is 6.08. The van der Waals surface area contributed by atoms with Gasteiger partial charge in [0.15, 0.2) is 6.61 Å². The van der Waals surface area contributed by atoms with Crippen LogP contribution in [0, 0.1) is 5.82 Å². The molecule has 1 unspecified atom stereocenters. The van der Waals surface area contributed by atoms with E-state index >= 15 is 0 Å². The lowest BCUT2D eigenvalue weighted by molar-refractivity contribution is -0.139. The summed E-state index contributed by atoms with van der Waals surface area (Å²) in [5, 5.41) is 18.8. The minimum absolute atomic E-state index is 0.168. The molecule has 1 aliphatic heterocycles. The van der Waals surface area contributed by atoms with Crippen LogP contribution in [0.25, 0.3) is 0 Å². The second-order valence-corrected chi connectivity index (χ2v) is 6.27. The summed E-state index contributed by atoms with van der Waals surface area (Å²) in [6.45, 7) is -0.411. The van der Waals surface area contributed by atoms with Crippen LogP contribution >= 0.6 is 11.6 Å². The normalized spacial score (nSPS) is 16.1. The SMILES string of the molecule is O=C(O)COc1ccc(Cl)cc1C1c2ccc(F)cc2CCN1C(=O)O. The molecule has 1 aliphatic rings. The minimum atomic E-state index is -1.16. The van der Waals surface area contributed by atoms with Crippen molar-refractivity contribution in [1.82, 2.24) is 4.90 Å². The molecule has 0 bridgehead atoms. The van der Waals surface area contributed by atoms with Gasteiger partial charge in [-0.05, 0) is 47.9 Å². The lowest BCUT2D eigenvalue weighted by atomic mass is 9.88. The summed E-state index contributed by atoms with van der Waals surface area (Å²) < 4.78 is 18.9. The number of carboxylic acids is 1. The molecule has 6 nitrogen and oxygen atoms in total. The van der Waals surface area contributed by atoms with Crippen molar-refractivity contribution in [2.24, 2.45) is 0 Å². The largest absolute Gasteiger partial charge is 0.482 e. The fourth-order valence-corrected chi connectivity index (χ4v) is 3.32. The molecule has 1 atom stereocenters. The number of fused-ring (bicyclic) bond motifs is 1. The van der Waals surface area contributed by atoms with Crippen molar-refractivity contribution in [2.45, 2.75) is 12.5 Å². The maximum Gasteiger partial charge on any atom is 0.408 e. The Hall–Kier alpha value is -2.80. The van der Waals surface area contributed by atoms with Crippen molar-refractivity contribution in [3.05, 3.63) is 63.9 Å². The van der Waals surface area contributed by atoms with Crippen molar-refractivity contribution in [2.75, 3.05) is 13.2 Å². The summed E-state index contributed by atoms with van der Waals surface area (Å²) in [6, 6.07) is 7.97. The van der Waals surface area contributed by atoms with E-state index in [4.69, 9.17) is 21.4 Å². The van der Waals surface area contributed by atoms with Crippen molar-refractivity contribution in [1.29, 1.82) is 0 Å². The number of carboxylic acid groups (broad SMARTS) is 2. The van der Waals surface area contributed by atoms with Crippen LogP contribution in [0.5, 0.6) is 5.75 Å². The topological polar surface area (TPSA) is 87.1 Å². The molecule has 2 aromatic carbocycles. The Balaban J connectivity index is 2.14. The molecule has 136 valence electrons. The van der Waals surface area contributed by atoms with Gasteiger partial charge in [0.25, 0.3) is 0 Å². The van der Waals surface area contributed by atoms with Gasteiger partial charge in [-0.2, -0.15) is 0 Å². The predicted molar refractivity (Wildman–Crippen MR) is 91.3 cm³/mol. The number of amides is 1. The van der Waals surface area contributed by atoms with Gasteiger partial charge in [0, 0.05) is 17.1 Å². The van der Waals surface area contributed by atoms with Crippen molar-refractivity contribution < 1.29 is 28.9 Å². The number of nitrogens with zero attached hydrogens (tertiary/aromatic N) is 1. The second-order valence-electron chi connectivity index (χ2n) is 5.84. The van der Waals surface area contributed by atoms with Gasteiger partial charge < -0.3 is 14.9 Å². The molecule has 2 N–H and O–H groups in total. The molecule has 1 heterocycles. The summed E-state index contributed by atoms with van der Waals surface area (Å²) in [7, 11) is 0. The monoisotopic (exact) mass is 379 g/mol. The zero-order chi connectivity index (χ0) is 18.8. The van der Waals surface area contributed by atoms with Crippen LogP contribution in [0.15, 0.2) is 36.4 Å². The van der Waals surface area contributed by atoms with Gasteiger partial charge in [0.05, 0.1) is 6.04 Å². The lowest BCUT2D eigenvalue weighted by Gasteiger charge is -2.36. The Bertz CT molecular complexity index is 873. The van der Waals surface area contributed by atoms with Crippen LogP contribution in [-0.2, 0) is 11.2 Å². The number of halogens is 2. The Morgan fingerprint density at radius 3 is 2.65 bits per heavy atom. The highest BCUT2D eigenvalue weighted by Gasteiger charge is 2.34. The van der Waals surface area contributed by atoms with Gasteiger partial charge >= 0.3 is 12.1 Å². The third-order valence-electron chi connectivity index (χ3n) is 4.20. The number of hydrogen-bond acceptors (Lipinski definition) is 3. The quantitative estimate of drug-likeness (QED) is 0.848. The van der Waals surface area contributed by atoms with Gasteiger partial charge in [-0.3, -0.25) is 4.90 Å². The predicted octanol–water partition coefficient (Wildman–Crippen LogP) is 3.57. The molecule has 1 amide bonds. The van der Waals surface area contributed by atoms with E-state index < -0.39 is 30.5 Å². The number of benzene rings is 2. The number of aliphatic carboxylic acids is 1. The van der Waals surface area contributed by atoms with Gasteiger partial charge in [0.1, 0.15) is 11.6 Å². The maximum absolute atomic E-state index is 13.6. The van der Waals surface area contributed by atoms with E-state index in [9.17, 15) is 19.1 Å². The third kappa shape index (κ3) is 3.57. The summed E-state index contributed by atoms with van der Waals surface area (Å²) in [5.41, 5.74) is 1.72. The van der Waals surface area contributed by atoms with E-state index in [1.165, 1.54) is 41.3 Å². The number of hydrogen-bond donors (Lipinski definition) is 2. The van der Waals surface area contributed by atoms with Crippen LogP contribution < -0.4 is 4.74 Å². The zero-order valence-corrected chi connectivity index (χ0v) is 14.2. The summed E-state index contributed by atoms with van der Waals surface area (Å²) in [5.74, 6) is -1.35. The Morgan fingerprint density at radius 2 is 1.96 bits per heavy atom. The van der Waals surface area contributed by atoms with Crippen LogP contribution in [0.4, 0.5) is 9.18 Å². The molecule has 0 aromatic heterocycles. The molecule has 26 heavy (non-hydrogen) atoms. The van der Waals surface area contributed by atoms with E-state index in [-0.39, 0.29) is 12.3 Å². The van der Waals surface area contributed by atoms with Crippen molar-refractivity contribution in [3.8, 4) is 5.75 Å². The lowest BCUT2D eigenvalue weighted by Crippen LogP contribution is -2.40. The first-order chi connectivity index (χ1) is 12.4. The zero-order valence-electron chi connectivity index (χ0n) is 13.5. The number of carbonyl (C=O) groups is 2. The Kier molecular flexibility index (Phi) is 4.99. The molecule has 0 radical (unpaired) electrons. The first kappa shape index (κ1) is 18.0. The second kappa shape index (κ2) is 7.21. The summed E-state index contributed by atoms with van der Waals surface area (Å²) in [4.78, 5) is 23.8. The standard InChI is InChI=1S/C18H15ClFNO5/c19-11-1-4-15(26-9-16(22)23)14(8-11)17-13-3-2-12(20)7-10(13)5-6-21(17)18(24)25/h1-4,7-8,17H,5-6,9H2,(H,22,23)(H,24,25). The Labute approximate surface area is 153 Å². The molecule has 0 saturated heterocycles. The molecule has 3 rings (SSSR count). The maximum atomic E-state index is 13.6. The third-order valence-corrected chi connectivity index (χ3v) is 4.43. The summed E-state index contributed by atoms with van der Waals surface area (Å²) in [6.07, 6.45) is -0.768. The number of rotatable bonds is 4. The number of ether oxygens (including phenoxy) is 1. The smallest absolute Gasteiger partial charge is 0.408 e. The minimum Gasteiger partial charge on any atom is -0.482 e. The molecule has 0 saturated carbocycles. The van der Waals surface area contributed by atoms with Crippen molar-refractivity contribution >= 4 is 23.7 Å². The van der Waals surface area contributed by atoms with Gasteiger partial charge in [-0.15, -0.1) is 0 Å². The molecule has 0 aliphatic carbocycles. The fraction of sp³-hybridized carbons (Fsp3) is 0.222. The first-order valence-electron chi connectivity index (χ1n) is 7.78. The highest BCUT2D eigenvalue weighted by molar-refractivity contribution is 6.30. The molecule has 8 heteroatoms. The van der Waals surface area contributed by atoms with Gasteiger partial charge in [-0.25, -0.2) is 14.0 Å². The average molecular weight is 380 g/mol. The van der Waals surface area contributed by atoms with Crippen molar-refractivity contribution in [3.63, 3.8) is 0 Å². The first-order valence-corrected chi connectivity index (χ1v) is 8.16. The van der Waals surface area contributed by atoms with E-state index in [1.54, 1.807) is 0 Å². The van der Waals surface area contributed by atoms with Crippen LogP contribution in [0.1, 0.15) is 22.7 Å². The highest BCUT2D eigenvalue weighted by atomic mass is 35.5. The molecular weight excluding hydrogens is 365 g/mol. The van der Waals surface area contributed by atoms with E-state index in [1.807, 2.05) is 0 Å². The molecule has 0 spiro atoms. The van der Waals surface area contributed by atoms with E-state index in [2.05, 4.69) is 0 Å². The van der Waals surface area contributed by atoms with Crippen LogP contribution in [-0.4, -0.2) is 40.3 Å². The molecular formula is C18H15ClFNO5. The highest BCUT2D eigenvalue weighted by Crippen LogP contribution is 2.40. The molecule has 2 aromatic rings. The van der Waals surface area contributed by atoms with E-state index in [0.717, 1.165) is 0 Å². The van der Waals surface area contributed by atoms with Crippen LogP contribution in [0.3, 0.4) is 0 Å². The molecule has 0 fully saturated rings.